The molecule has 22 nitrogen and oxygen atoms in total. The normalized spacial score (nSPS) is 10.6. The van der Waals surface area contributed by atoms with Crippen molar-refractivity contribution in [3.63, 3.8) is 0 Å². The van der Waals surface area contributed by atoms with E-state index in [1.807, 2.05) is 237 Å². The van der Waals surface area contributed by atoms with Crippen LogP contribution >= 0.6 is 11.3 Å². The Bertz CT molecular complexity index is 3610. The van der Waals surface area contributed by atoms with E-state index in [-0.39, 0.29) is 53.4 Å². The van der Waals surface area contributed by atoms with Gasteiger partial charge in [-0.15, -0.1) is 11.3 Å². The molecular weight excluding hydrogens is 1450 g/mol. The Morgan fingerprint density at radius 1 is 0.429 bits per heavy atom. The molecule has 1 heterocycles. The largest absolute Gasteiger partial charge is 0.465 e. The van der Waals surface area contributed by atoms with E-state index in [9.17, 15) is 24.0 Å². The smallest absolute Gasteiger partial charge is 0.316 e. The Balaban J connectivity index is -0.000000226. The zero-order valence-electron chi connectivity index (χ0n) is 70.8. The predicted octanol–water partition coefficient (Wildman–Crippen LogP) is 21.4. The minimum Gasteiger partial charge on any atom is -0.465 e. The minimum absolute atomic E-state index is 0.0146. The quantitative estimate of drug-likeness (QED) is 0.0146. The average molecular weight is 1590 g/mol. The maximum absolute atomic E-state index is 12.0. The lowest BCUT2D eigenvalue weighted by atomic mass is 9.91. The van der Waals surface area contributed by atoms with Crippen LogP contribution < -0.4 is 20.1 Å². The highest BCUT2D eigenvalue weighted by Gasteiger charge is 2.28. The zero-order valence-corrected chi connectivity index (χ0v) is 71.6. The van der Waals surface area contributed by atoms with Gasteiger partial charge in [-0.2, -0.15) is 0 Å². The molecular formula is C89H138N2O20S. The third-order valence-corrected chi connectivity index (χ3v) is 17.6. The van der Waals surface area contributed by atoms with Crippen LogP contribution in [0.1, 0.15) is 190 Å². The molecule has 14 N–H and O–H groups in total. The summed E-state index contributed by atoms with van der Waals surface area (Å²) in [6.07, 6.45) is 6.17. The van der Waals surface area contributed by atoms with Crippen LogP contribution in [-0.4, -0.2) is 127 Å². The number of aryl methyl sites for hydroxylation is 2. The molecule has 5 unspecified atom stereocenters. The molecule has 8 aromatic carbocycles. The monoisotopic (exact) mass is 1590 g/mol. The molecule has 0 saturated heterocycles. The summed E-state index contributed by atoms with van der Waals surface area (Å²) in [6.45, 7) is 39.3. The third kappa shape index (κ3) is 50.2. The molecule has 0 saturated carbocycles. The van der Waals surface area contributed by atoms with Crippen molar-refractivity contribution in [1.29, 1.82) is 0 Å². The van der Waals surface area contributed by atoms with Crippen molar-refractivity contribution >= 4 is 77.7 Å². The van der Waals surface area contributed by atoms with Crippen LogP contribution in [0.5, 0.6) is 11.5 Å². The van der Waals surface area contributed by atoms with Crippen LogP contribution in [-0.2, 0) is 41.7 Å². The van der Waals surface area contributed by atoms with E-state index in [2.05, 4.69) is 99.0 Å². The second kappa shape index (κ2) is 77.4. The second-order valence-electron chi connectivity index (χ2n) is 24.2. The molecule has 0 aliphatic carbocycles. The molecule has 1 aromatic heterocycles. The fourth-order valence-corrected chi connectivity index (χ4v) is 10.1. The number of carbonyl (C=O) groups is 5. The number of nitrogens with one attached hydrogen (secondary N) is 2. The van der Waals surface area contributed by atoms with Gasteiger partial charge in [0.05, 0.1) is 23.9 Å². The summed E-state index contributed by atoms with van der Waals surface area (Å²) in [5.74, 6) is 1.85. The maximum atomic E-state index is 12.0. The summed E-state index contributed by atoms with van der Waals surface area (Å²) >= 11 is 1.93. The van der Waals surface area contributed by atoms with Crippen LogP contribution in [0.3, 0.4) is 0 Å². The predicted molar refractivity (Wildman–Crippen MR) is 462 cm³/mol. The van der Waals surface area contributed by atoms with Crippen LogP contribution in [0.15, 0.2) is 194 Å². The number of carbonyl (C=O) groups excluding carboxylic acids is 5. The molecule has 0 aliphatic heterocycles. The van der Waals surface area contributed by atoms with Crippen molar-refractivity contribution in [2.24, 2.45) is 29.1 Å². The van der Waals surface area contributed by atoms with Gasteiger partial charge in [0, 0.05) is 79.1 Å². The number of rotatable bonds is 20. The van der Waals surface area contributed by atoms with Gasteiger partial charge in [-0.25, -0.2) is 0 Å². The van der Waals surface area contributed by atoms with Crippen molar-refractivity contribution in [3.8, 4) is 11.5 Å². The molecule has 0 aliphatic rings. The number of esters is 3. The highest BCUT2D eigenvalue weighted by atomic mass is 32.1. The van der Waals surface area contributed by atoms with Gasteiger partial charge in [0.25, 0.3) is 0 Å². The van der Waals surface area contributed by atoms with Crippen molar-refractivity contribution in [2.75, 3.05) is 40.4 Å². The van der Waals surface area contributed by atoms with Gasteiger partial charge < -0.3 is 45.3 Å². The first-order chi connectivity index (χ1) is 54.1. The van der Waals surface area contributed by atoms with Gasteiger partial charge in [-0.05, 0) is 142 Å². The number of amides is 2. The Labute approximate surface area is 672 Å². The number of aliphatic hydroxyl groups excluding tert-OH is 4. The molecule has 112 heavy (non-hydrogen) atoms. The minimum atomic E-state index is -0.439. The van der Waals surface area contributed by atoms with E-state index in [4.69, 9.17) is 76.7 Å². The number of thiophene rings is 1. The molecule has 23 heteroatoms. The number of benzene rings is 8. The fourth-order valence-electron chi connectivity index (χ4n) is 8.78. The van der Waals surface area contributed by atoms with Gasteiger partial charge in [0.15, 0.2) is 0 Å². The van der Waals surface area contributed by atoms with Crippen molar-refractivity contribution in [1.82, 2.24) is 5.32 Å². The SMILES string of the molecule is CC.CC.CCC(C)(C)C(=O)Oc1ccc2ccccc2c1.CCC(C)C(=O)NCc1cc(C)cc(C)c1.CCC(C)C(=O)Nc1ccccc1.CCC(C)C(=O)OCCc1ccccc1.CCC(C)C(=O)Oc1ccccc1.CCC(C)c1cccc2c1sc1ccccc12.CO.CO.CO.CO.OO.OO.OO.OO. The van der Waals surface area contributed by atoms with E-state index >= 15 is 0 Å². The van der Waals surface area contributed by atoms with Crippen molar-refractivity contribution in [2.45, 2.75) is 189 Å². The van der Waals surface area contributed by atoms with Crippen molar-refractivity contribution < 1.29 is 101 Å². The molecule has 2 amide bonds. The standard InChI is InChI=1S/C16H18O2.C16H16S.C14H21NO.C13H18O2.C11H15NO.C11H14O2.2C2H6.4CH4O.4H2O2/c1-4-16(2,3)15(17)18-14-10-9-12-7-5-6-8-13(12)11-14;1-3-11(2)12-8-6-9-14-13-7-4-5-10-15(13)17-16(12)14;1-5-12(4)14(16)15-9-13-7-10(2)6-11(3)8-13;1-3-11(2)13(14)15-10-9-12-7-5-4-6-8-12;1-3-9(2)11(13)12-10-7-5-4-6-8-10;1-3-9(2)11(12)13-10-7-5-4-6-8-10;10*1-2/h5-11H,4H2,1-3H3;4-11H,3H2,1-2H3;6-8,12H,5,9H2,1-4H3,(H,15,16);4-8,11H,3,9-10H2,1-2H3;4-9H,3H2,1-2H3,(H,12,13);4-9H,3H2,1-2H3;2*1-2H3;4*2H,1H3;4*1-2H. The number of fused-ring (bicyclic) bond motifs is 4. The molecule has 9 aromatic rings. The number of ether oxygens (including phenoxy) is 3. The Morgan fingerprint density at radius 2 is 0.866 bits per heavy atom. The number of anilines is 1. The summed E-state index contributed by atoms with van der Waals surface area (Å²) in [5, 5.41) is 86.9. The fraction of sp³-hybridized carbons (Fsp3) is 0.427. The first kappa shape index (κ1) is 116. The Hall–Kier alpha value is -8.89. The first-order valence-corrected chi connectivity index (χ1v) is 38.3. The molecule has 9 rings (SSSR count). The van der Waals surface area contributed by atoms with Crippen LogP contribution in [0, 0.1) is 42.9 Å². The van der Waals surface area contributed by atoms with E-state index < -0.39 is 5.41 Å². The molecule has 630 valence electrons. The molecule has 0 fully saturated rings. The van der Waals surface area contributed by atoms with Gasteiger partial charge in [0.1, 0.15) is 11.5 Å². The maximum Gasteiger partial charge on any atom is 0.316 e. The second-order valence-corrected chi connectivity index (χ2v) is 25.3. The summed E-state index contributed by atoms with van der Waals surface area (Å²) in [5.41, 5.74) is 6.80. The van der Waals surface area contributed by atoms with Crippen LogP contribution in [0.2, 0.25) is 0 Å². The van der Waals surface area contributed by atoms with Crippen molar-refractivity contribution in [3.05, 3.63) is 222 Å². The van der Waals surface area contributed by atoms with Gasteiger partial charge in [0.2, 0.25) is 11.8 Å². The highest BCUT2D eigenvalue weighted by molar-refractivity contribution is 7.26. The van der Waals surface area contributed by atoms with Crippen LogP contribution in [0.4, 0.5) is 5.69 Å². The highest BCUT2D eigenvalue weighted by Crippen LogP contribution is 2.39. The Morgan fingerprint density at radius 3 is 1.36 bits per heavy atom. The number of hydrogen-bond acceptors (Lipinski definition) is 21. The molecule has 5 atom stereocenters. The number of aliphatic hydroxyl groups is 4. The summed E-state index contributed by atoms with van der Waals surface area (Å²) in [6, 6.07) is 64.2. The first-order valence-electron chi connectivity index (χ1n) is 37.5. The van der Waals surface area contributed by atoms with E-state index in [1.165, 1.54) is 54.4 Å². The van der Waals surface area contributed by atoms with Gasteiger partial charge >= 0.3 is 17.9 Å². The molecule has 0 radical (unpaired) electrons. The average Bonchev–Trinajstić information content (AvgIpc) is 1.64. The lowest BCUT2D eigenvalue weighted by Gasteiger charge is -2.20. The lowest BCUT2D eigenvalue weighted by molar-refractivity contribution is -0.176. The summed E-state index contributed by atoms with van der Waals surface area (Å²) < 4.78 is 18.6. The summed E-state index contributed by atoms with van der Waals surface area (Å²) in [4.78, 5) is 57.7. The zero-order chi connectivity index (χ0) is 87.6. The topological polar surface area (TPSA) is 380 Å². The van der Waals surface area contributed by atoms with E-state index in [0.29, 0.717) is 30.6 Å². The van der Waals surface area contributed by atoms with Gasteiger partial charge in [-0.1, -0.05) is 267 Å². The van der Waals surface area contributed by atoms with E-state index in [0.717, 1.165) is 83.4 Å². The van der Waals surface area contributed by atoms with Gasteiger partial charge in [-0.3, -0.25) is 66.0 Å². The van der Waals surface area contributed by atoms with E-state index in [1.54, 1.807) is 12.1 Å². The van der Waals surface area contributed by atoms with Crippen LogP contribution in [0.25, 0.3) is 30.9 Å². The Kier molecular flexibility index (Phi) is 80.5. The third-order valence-electron chi connectivity index (χ3n) is 16.3. The number of para-hydroxylation sites is 2. The summed E-state index contributed by atoms with van der Waals surface area (Å²) in [7, 11) is 4.00. The molecule has 0 spiro atoms. The molecule has 0 bridgehead atoms. The number of hydrogen-bond donors (Lipinski definition) is 14. The lowest BCUT2D eigenvalue weighted by Crippen LogP contribution is -2.28.